The first-order valence-corrected chi connectivity index (χ1v) is 5.76. The summed E-state index contributed by atoms with van der Waals surface area (Å²) in [5.41, 5.74) is 0. The SMILES string of the molecule is COc1cccc(N(C)C2CCCNC2)n1. The summed E-state index contributed by atoms with van der Waals surface area (Å²) in [6, 6.07) is 6.41. The van der Waals surface area contributed by atoms with Crippen LogP contribution in [0.25, 0.3) is 0 Å². The molecule has 1 N–H and O–H groups in total. The van der Waals surface area contributed by atoms with Crippen LogP contribution in [0.5, 0.6) is 5.88 Å². The van der Waals surface area contributed by atoms with Gasteiger partial charge in [0.2, 0.25) is 5.88 Å². The van der Waals surface area contributed by atoms with Crippen molar-refractivity contribution in [3.05, 3.63) is 18.2 Å². The van der Waals surface area contributed by atoms with Gasteiger partial charge in [0.15, 0.2) is 0 Å². The van der Waals surface area contributed by atoms with Crippen LogP contribution in [0, 0.1) is 0 Å². The van der Waals surface area contributed by atoms with E-state index in [2.05, 4.69) is 22.2 Å². The number of anilines is 1. The molecule has 16 heavy (non-hydrogen) atoms. The predicted molar refractivity (Wildman–Crippen MR) is 65.1 cm³/mol. The number of hydrogen-bond donors (Lipinski definition) is 1. The number of nitrogens with zero attached hydrogens (tertiary/aromatic N) is 2. The van der Waals surface area contributed by atoms with Crippen LogP contribution in [0.4, 0.5) is 5.82 Å². The van der Waals surface area contributed by atoms with Crippen molar-refractivity contribution in [2.45, 2.75) is 18.9 Å². The molecule has 1 aromatic rings. The number of piperidine rings is 1. The standard InChI is InChI=1S/C12H19N3O/c1-15(10-5-4-8-13-9-10)11-6-3-7-12(14-11)16-2/h3,6-7,10,13H,4-5,8-9H2,1-2H3. The van der Waals surface area contributed by atoms with E-state index in [4.69, 9.17) is 4.74 Å². The van der Waals surface area contributed by atoms with Crippen LogP contribution < -0.4 is 15.0 Å². The van der Waals surface area contributed by atoms with Crippen LogP contribution >= 0.6 is 0 Å². The summed E-state index contributed by atoms with van der Waals surface area (Å²) in [6.45, 7) is 2.17. The lowest BCUT2D eigenvalue weighted by atomic mass is 10.1. The minimum atomic E-state index is 0.536. The van der Waals surface area contributed by atoms with Crippen molar-refractivity contribution in [1.82, 2.24) is 10.3 Å². The van der Waals surface area contributed by atoms with Crippen LogP contribution in [0.3, 0.4) is 0 Å². The van der Waals surface area contributed by atoms with E-state index < -0.39 is 0 Å². The van der Waals surface area contributed by atoms with Gasteiger partial charge in [0.05, 0.1) is 7.11 Å². The molecule has 1 fully saturated rings. The first-order valence-electron chi connectivity index (χ1n) is 5.76. The highest BCUT2D eigenvalue weighted by Gasteiger charge is 2.18. The third-order valence-electron chi connectivity index (χ3n) is 3.10. The predicted octanol–water partition coefficient (Wildman–Crippen LogP) is 1.28. The maximum atomic E-state index is 5.14. The second-order valence-corrected chi connectivity index (χ2v) is 4.15. The van der Waals surface area contributed by atoms with Crippen LogP contribution in [-0.4, -0.2) is 38.3 Å². The Bertz CT molecular complexity index is 337. The summed E-state index contributed by atoms with van der Waals surface area (Å²) < 4.78 is 5.14. The van der Waals surface area contributed by atoms with E-state index in [0.29, 0.717) is 11.9 Å². The van der Waals surface area contributed by atoms with Gasteiger partial charge in [0.1, 0.15) is 5.82 Å². The first kappa shape index (κ1) is 11.2. The largest absolute Gasteiger partial charge is 0.481 e. The summed E-state index contributed by atoms with van der Waals surface area (Å²) >= 11 is 0. The molecule has 2 heterocycles. The van der Waals surface area contributed by atoms with Crippen molar-refractivity contribution in [1.29, 1.82) is 0 Å². The van der Waals surface area contributed by atoms with Crippen molar-refractivity contribution >= 4 is 5.82 Å². The molecule has 0 amide bonds. The molecule has 0 bridgehead atoms. The van der Waals surface area contributed by atoms with Crippen LogP contribution in [0.1, 0.15) is 12.8 Å². The zero-order chi connectivity index (χ0) is 11.4. The fourth-order valence-electron chi connectivity index (χ4n) is 2.07. The lowest BCUT2D eigenvalue weighted by Gasteiger charge is -2.32. The maximum absolute atomic E-state index is 5.14. The van der Waals surface area contributed by atoms with Gasteiger partial charge in [-0.15, -0.1) is 0 Å². The Hall–Kier alpha value is -1.29. The molecule has 88 valence electrons. The Morgan fingerprint density at radius 2 is 2.38 bits per heavy atom. The Balaban J connectivity index is 2.09. The molecule has 1 aromatic heterocycles. The van der Waals surface area contributed by atoms with Gasteiger partial charge in [-0.3, -0.25) is 0 Å². The number of pyridine rings is 1. The quantitative estimate of drug-likeness (QED) is 0.834. The van der Waals surface area contributed by atoms with Crippen LogP contribution in [0.2, 0.25) is 0 Å². The fraction of sp³-hybridized carbons (Fsp3) is 0.583. The molecule has 1 aliphatic rings. The molecule has 0 radical (unpaired) electrons. The van der Waals surface area contributed by atoms with Gasteiger partial charge < -0.3 is 15.0 Å². The lowest BCUT2D eigenvalue weighted by molar-refractivity contribution is 0.396. The van der Waals surface area contributed by atoms with Gasteiger partial charge in [-0.25, -0.2) is 0 Å². The average Bonchev–Trinajstić information content (AvgIpc) is 2.39. The minimum absolute atomic E-state index is 0.536. The number of methoxy groups -OCH3 is 1. The third kappa shape index (κ3) is 2.44. The summed E-state index contributed by atoms with van der Waals surface area (Å²) in [5.74, 6) is 1.65. The molecule has 4 nitrogen and oxygen atoms in total. The van der Waals surface area contributed by atoms with E-state index in [1.54, 1.807) is 7.11 Å². The first-order chi connectivity index (χ1) is 7.81. The number of rotatable bonds is 3. The highest BCUT2D eigenvalue weighted by molar-refractivity contribution is 5.41. The monoisotopic (exact) mass is 221 g/mol. The smallest absolute Gasteiger partial charge is 0.214 e. The van der Waals surface area contributed by atoms with Gasteiger partial charge in [-0.2, -0.15) is 4.98 Å². The average molecular weight is 221 g/mol. The molecule has 0 saturated carbocycles. The number of ether oxygens (including phenoxy) is 1. The van der Waals surface area contributed by atoms with Gasteiger partial charge in [0, 0.05) is 25.7 Å². The topological polar surface area (TPSA) is 37.4 Å². The van der Waals surface area contributed by atoms with E-state index in [1.807, 2.05) is 18.2 Å². The molecule has 1 saturated heterocycles. The number of likely N-dealkylation sites (N-methyl/N-ethyl adjacent to an activating group) is 1. The highest BCUT2D eigenvalue weighted by atomic mass is 16.5. The van der Waals surface area contributed by atoms with Gasteiger partial charge in [-0.1, -0.05) is 6.07 Å². The normalized spacial score (nSPS) is 20.5. The number of nitrogens with one attached hydrogen (secondary N) is 1. The van der Waals surface area contributed by atoms with Gasteiger partial charge in [-0.05, 0) is 25.5 Å². The molecular formula is C12H19N3O. The van der Waals surface area contributed by atoms with E-state index in [1.165, 1.54) is 12.8 Å². The molecule has 0 aromatic carbocycles. The Morgan fingerprint density at radius 3 is 3.06 bits per heavy atom. The molecule has 1 aliphatic heterocycles. The fourth-order valence-corrected chi connectivity index (χ4v) is 2.07. The highest BCUT2D eigenvalue weighted by Crippen LogP contribution is 2.19. The zero-order valence-electron chi connectivity index (χ0n) is 9.94. The van der Waals surface area contributed by atoms with E-state index >= 15 is 0 Å². The summed E-state index contributed by atoms with van der Waals surface area (Å²) in [7, 11) is 3.74. The molecule has 4 heteroatoms. The Kier molecular flexibility index (Phi) is 3.62. The minimum Gasteiger partial charge on any atom is -0.481 e. The van der Waals surface area contributed by atoms with Crippen molar-refractivity contribution in [3.8, 4) is 5.88 Å². The molecule has 0 aliphatic carbocycles. The van der Waals surface area contributed by atoms with Crippen LogP contribution in [0.15, 0.2) is 18.2 Å². The van der Waals surface area contributed by atoms with Crippen molar-refractivity contribution in [2.24, 2.45) is 0 Å². The Morgan fingerprint density at radius 1 is 1.50 bits per heavy atom. The summed E-state index contributed by atoms with van der Waals surface area (Å²) in [4.78, 5) is 6.67. The second-order valence-electron chi connectivity index (χ2n) is 4.15. The van der Waals surface area contributed by atoms with Crippen molar-refractivity contribution < 1.29 is 4.74 Å². The molecule has 1 unspecified atom stereocenters. The third-order valence-corrected chi connectivity index (χ3v) is 3.10. The second kappa shape index (κ2) is 5.16. The molecule has 1 atom stereocenters. The zero-order valence-corrected chi connectivity index (χ0v) is 9.94. The van der Waals surface area contributed by atoms with Crippen molar-refractivity contribution in [3.63, 3.8) is 0 Å². The number of aromatic nitrogens is 1. The molecule has 2 rings (SSSR count). The molecule has 0 spiro atoms. The van der Waals surface area contributed by atoms with Crippen LogP contribution in [-0.2, 0) is 0 Å². The summed E-state index contributed by atoms with van der Waals surface area (Å²) in [5, 5.41) is 3.41. The van der Waals surface area contributed by atoms with Gasteiger partial charge in [0.25, 0.3) is 0 Å². The van der Waals surface area contributed by atoms with E-state index in [9.17, 15) is 0 Å². The maximum Gasteiger partial charge on any atom is 0.214 e. The number of hydrogen-bond acceptors (Lipinski definition) is 4. The molecular weight excluding hydrogens is 202 g/mol. The van der Waals surface area contributed by atoms with E-state index in [-0.39, 0.29) is 0 Å². The van der Waals surface area contributed by atoms with Crippen molar-refractivity contribution in [2.75, 3.05) is 32.1 Å². The lowest BCUT2D eigenvalue weighted by Crippen LogP contribution is -2.44. The summed E-state index contributed by atoms with van der Waals surface area (Å²) in [6.07, 6.45) is 2.46. The Labute approximate surface area is 96.6 Å². The van der Waals surface area contributed by atoms with E-state index in [0.717, 1.165) is 18.9 Å². The van der Waals surface area contributed by atoms with Gasteiger partial charge >= 0.3 is 0 Å².